The van der Waals surface area contributed by atoms with Gasteiger partial charge in [0.05, 0.1) is 23.3 Å². The van der Waals surface area contributed by atoms with Gasteiger partial charge in [0.25, 0.3) is 0 Å². The van der Waals surface area contributed by atoms with E-state index in [1.54, 1.807) is 19.1 Å². The van der Waals surface area contributed by atoms with Crippen molar-refractivity contribution < 1.29 is 22.4 Å². The van der Waals surface area contributed by atoms with Gasteiger partial charge in [0.15, 0.2) is 0 Å². The molecule has 0 aliphatic carbocycles. The molecule has 0 spiro atoms. The minimum Gasteiger partial charge on any atom is -0.468 e. The van der Waals surface area contributed by atoms with Crippen LogP contribution in [0.15, 0.2) is 82.3 Å². The second kappa shape index (κ2) is 8.20. The molecule has 1 N–H and O–H groups in total. The van der Waals surface area contributed by atoms with E-state index < -0.39 is 22.1 Å². The molecule has 6 nitrogen and oxygen atoms in total. The highest BCUT2D eigenvalue weighted by Gasteiger charge is 2.17. The van der Waals surface area contributed by atoms with Gasteiger partial charge in [0.1, 0.15) is 11.9 Å². The largest absolute Gasteiger partial charge is 0.468 e. The number of sulfonamides is 1. The molecule has 0 unspecified atom stereocenters. The molecule has 0 saturated heterocycles. The van der Waals surface area contributed by atoms with Gasteiger partial charge in [0, 0.05) is 0 Å². The first kappa shape index (κ1) is 18.9. The summed E-state index contributed by atoms with van der Waals surface area (Å²) in [6.07, 6.45) is 1.07. The lowest BCUT2D eigenvalue weighted by Gasteiger charge is -2.13. The standard InChI is InChI=1S/C20H19NO5S/c1-15(16-6-3-2-4-7-16)26-20(22)17-9-11-19(12-10-17)27(23,24)21-14-18-8-5-13-25-18/h2-13,15,21H,14H2,1H3/t15-/m1/s1. The molecule has 1 heterocycles. The predicted octanol–water partition coefficient (Wildman–Crippen LogP) is 3.68. The summed E-state index contributed by atoms with van der Waals surface area (Å²) in [4.78, 5) is 12.3. The number of carbonyl (C=O) groups is 1. The summed E-state index contributed by atoms with van der Waals surface area (Å²) in [5.74, 6) is -0.00693. The molecule has 3 aromatic rings. The fraction of sp³-hybridized carbons (Fsp3) is 0.150. The summed E-state index contributed by atoms with van der Waals surface area (Å²) in [6, 6.07) is 18.3. The van der Waals surface area contributed by atoms with Crippen LogP contribution in [0.2, 0.25) is 0 Å². The molecule has 140 valence electrons. The molecule has 1 atom stereocenters. The third-order valence-corrected chi connectivity index (χ3v) is 5.39. The summed E-state index contributed by atoms with van der Waals surface area (Å²) < 4.78 is 37.6. The molecule has 0 fully saturated rings. The lowest BCUT2D eigenvalue weighted by Crippen LogP contribution is -2.23. The summed E-state index contributed by atoms with van der Waals surface area (Å²) in [5.41, 5.74) is 1.16. The zero-order valence-electron chi connectivity index (χ0n) is 14.7. The number of hydrogen-bond acceptors (Lipinski definition) is 5. The molecule has 0 amide bonds. The van der Waals surface area contributed by atoms with Crippen molar-refractivity contribution in [3.8, 4) is 0 Å². The molecule has 0 saturated carbocycles. The van der Waals surface area contributed by atoms with Crippen LogP contribution in [-0.2, 0) is 21.3 Å². The summed E-state index contributed by atoms with van der Waals surface area (Å²) in [6.45, 7) is 1.83. The fourth-order valence-electron chi connectivity index (χ4n) is 2.45. The zero-order chi connectivity index (χ0) is 19.3. The molecular formula is C20H19NO5S. The smallest absolute Gasteiger partial charge is 0.338 e. The van der Waals surface area contributed by atoms with Gasteiger partial charge in [-0.05, 0) is 48.9 Å². The Balaban J connectivity index is 1.64. The number of rotatable bonds is 7. The quantitative estimate of drug-likeness (QED) is 0.627. The van der Waals surface area contributed by atoms with E-state index in [9.17, 15) is 13.2 Å². The van der Waals surface area contributed by atoms with Crippen molar-refractivity contribution in [3.05, 3.63) is 89.9 Å². The summed E-state index contributed by atoms with van der Waals surface area (Å²) in [7, 11) is -3.71. The van der Waals surface area contributed by atoms with E-state index in [0.717, 1.165) is 5.56 Å². The fourth-order valence-corrected chi connectivity index (χ4v) is 3.45. The van der Waals surface area contributed by atoms with Gasteiger partial charge in [0.2, 0.25) is 10.0 Å². The third kappa shape index (κ3) is 4.84. The second-order valence-electron chi connectivity index (χ2n) is 5.89. The highest BCUT2D eigenvalue weighted by atomic mass is 32.2. The minimum atomic E-state index is -3.71. The third-order valence-electron chi connectivity index (χ3n) is 3.97. The van der Waals surface area contributed by atoms with E-state index in [4.69, 9.17) is 9.15 Å². The second-order valence-corrected chi connectivity index (χ2v) is 7.65. The van der Waals surface area contributed by atoms with E-state index in [2.05, 4.69) is 4.72 Å². The van der Waals surface area contributed by atoms with Crippen molar-refractivity contribution in [2.45, 2.75) is 24.5 Å². The Labute approximate surface area is 157 Å². The average Bonchev–Trinajstić information content (AvgIpc) is 3.21. The first-order valence-corrected chi connectivity index (χ1v) is 9.82. The lowest BCUT2D eigenvalue weighted by molar-refractivity contribution is 0.0337. The van der Waals surface area contributed by atoms with Crippen molar-refractivity contribution in [2.75, 3.05) is 0 Å². The molecule has 0 aliphatic rings. The van der Waals surface area contributed by atoms with Gasteiger partial charge in [-0.1, -0.05) is 30.3 Å². The molecule has 27 heavy (non-hydrogen) atoms. The van der Waals surface area contributed by atoms with E-state index in [-0.39, 0.29) is 17.0 Å². The van der Waals surface area contributed by atoms with Gasteiger partial charge in [-0.25, -0.2) is 17.9 Å². The Morgan fingerprint density at radius 1 is 1.04 bits per heavy atom. The highest BCUT2D eigenvalue weighted by Crippen LogP contribution is 2.19. The molecule has 3 rings (SSSR count). The Morgan fingerprint density at radius 3 is 2.37 bits per heavy atom. The maximum Gasteiger partial charge on any atom is 0.338 e. The molecule has 7 heteroatoms. The van der Waals surface area contributed by atoms with Crippen LogP contribution >= 0.6 is 0 Å². The Hall–Kier alpha value is -2.90. The molecular weight excluding hydrogens is 366 g/mol. The zero-order valence-corrected chi connectivity index (χ0v) is 15.5. The molecule has 0 bridgehead atoms. The van der Waals surface area contributed by atoms with Crippen LogP contribution in [0.25, 0.3) is 0 Å². The van der Waals surface area contributed by atoms with Gasteiger partial charge >= 0.3 is 5.97 Å². The summed E-state index contributed by atoms with van der Waals surface area (Å²) in [5, 5.41) is 0. The van der Waals surface area contributed by atoms with E-state index in [0.29, 0.717) is 5.76 Å². The van der Waals surface area contributed by atoms with Crippen LogP contribution in [0.5, 0.6) is 0 Å². The van der Waals surface area contributed by atoms with Crippen molar-refractivity contribution in [2.24, 2.45) is 0 Å². The number of furan rings is 1. The van der Waals surface area contributed by atoms with Crippen molar-refractivity contribution >= 4 is 16.0 Å². The Bertz CT molecular complexity index is 981. The number of hydrogen-bond donors (Lipinski definition) is 1. The van der Waals surface area contributed by atoms with Crippen LogP contribution in [0.1, 0.15) is 34.7 Å². The minimum absolute atomic E-state index is 0.0493. The summed E-state index contributed by atoms with van der Waals surface area (Å²) >= 11 is 0. The normalized spacial score (nSPS) is 12.5. The Kier molecular flexibility index (Phi) is 5.73. The average molecular weight is 385 g/mol. The van der Waals surface area contributed by atoms with E-state index >= 15 is 0 Å². The number of esters is 1. The monoisotopic (exact) mass is 385 g/mol. The van der Waals surface area contributed by atoms with Gasteiger partial charge < -0.3 is 9.15 Å². The van der Waals surface area contributed by atoms with Crippen molar-refractivity contribution in [1.29, 1.82) is 0 Å². The maximum atomic E-state index is 12.3. The highest BCUT2D eigenvalue weighted by molar-refractivity contribution is 7.89. The van der Waals surface area contributed by atoms with E-state index in [1.165, 1.54) is 30.5 Å². The maximum absolute atomic E-state index is 12.3. The van der Waals surface area contributed by atoms with Crippen LogP contribution in [0.3, 0.4) is 0 Å². The van der Waals surface area contributed by atoms with Crippen LogP contribution in [0, 0.1) is 0 Å². The van der Waals surface area contributed by atoms with Crippen molar-refractivity contribution in [3.63, 3.8) is 0 Å². The first-order chi connectivity index (χ1) is 13.0. The topological polar surface area (TPSA) is 85.6 Å². The van der Waals surface area contributed by atoms with Crippen molar-refractivity contribution in [1.82, 2.24) is 4.72 Å². The first-order valence-electron chi connectivity index (χ1n) is 8.34. The Morgan fingerprint density at radius 2 is 1.74 bits per heavy atom. The van der Waals surface area contributed by atoms with Gasteiger partial charge in [-0.2, -0.15) is 0 Å². The van der Waals surface area contributed by atoms with Crippen LogP contribution in [0.4, 0.5) is 0 Å². The van der Waals surface area contributed by atoms with Gasteiger partial charge in [-0.15, -0.1) is 0 Å². The van der Waals surface area contributed by atoms with Crippen LogP contribution in [-0.4, -0.2) is 14.4 Å². The number of ether oxygens (including phenoxy) is 1. The number of carbonyl (C=O) groups excluding carboxylic acids is 1. The number of benzene rings is 2. The SMILES string of the molecule is C[C@@H](OC(=O)c1ccc(S(=O)(=O)NCc2ccco2)cc1)c1ccccc1. The lowest BCUT2D eigenvalue weighted by atomic mass is 10.1. The van der Waals surface area contributed by atoms with Gasteiger partial charge in [-0.3, -0.25) is 0 Å². The number of nitrogens with one attached hydrogen (secondary N) is 1. The molecule has 0 aliphatic heterocycles. The molecule has 0 radical (unpaired) electrons. The predicted molar refractivity (Wildman–Crippen MR) is 99.4 cm³/mol. The molecule has 2 aromatic carbocycles. The molecule has 1 aromatic heterocycles. The van der Waals surface area contributed by atoms with E-state index in [1.807, 2.05) is 30.3 Å². The van der Waals surface area contributed by atoms with Crippen LogP contribution < -0.4 is 4.72 Å².